The van der Waals surface area contributed by atoms with Gasteiger partial charge in [-0.1, -0.05) is 53.0 Å². The molecule has 0 aliphatic carbocycles. The molecule has 2 aromatic rings. The van der Waals surface area contributed by atoms with Crippen LogP contribution in [0.4, 0.5) is 13.2 Å². The van der Waals surface area contributed by atoms with Gasteiger partial charge in [-0.3, -0.25) is 0 Å². The molecular formula is C20H19BF3N. The summed E-state index contributed by atoms with van der Waals surface area (Å²) in [5.41, 5.74) is 5.76. The van der Waals surface area contributed by atoms with Crippen LogP contribution in [0.1, 0.15) is 27.8 Å². The monoisotopic (exact) mass is 341 g/mol. The molecule has 1 heterocycles. The number of nitrogens with one attached hydrogen (secondary N) is 1. The van der Waals surface area contributed by atoms with Crippen molar-refractivity contribution in [1.82, 2.24) is 5.23 Å². The molecule has 0 amide bonds. The van der Waals surface area contributed by atoms with Crippen LogP contribution in [0.15, 0.2) is 54.5 Å². The number of halogens is 3. The summed E-state index contributed by atoms with van der Waals surface area (Å²) in [6.07, 6.45) is -0.476. The number of rotatable bonds is 2. The lowest BCUT2D eigenvalue weighted by Crippen LogP contribution is -2.46. The summed E-state index contributed by atoms with van der Waals surface area (Å²) in [7, 11) is 0. The van der Waals surface area contributed by atoms with E-state index < -0.39 is 11.7 Å². The maximum absolute atomic E-state index is 12.7. The second kappa shape index (κ2) is 6.47. The molecule has 0 fully saturated rings. The molecule has 1 nitrogen and oxygen atoms in total. The molecule has 0 saturated heterocycles. The van der Waals surface area contributed by atoms with Gasteiger partial charge in [0, 0.05) is 5.70 Å². The maximum atomic E-state index is 12.7. The summed E-state index contributed by atoms with van der Waals surface area (Å²) in [5.74, 6) is 2.07. The van der Waals surface area contributed by atoms with E-state index in [0.717, 1.165) is 23.4 Å². The quantitative estimate of drug-likeness (QED) is 0.789. The summed E-state index contributed by atoms with van der Waals surface area (Å²) in [6.45, 7) is 6.24. The van der Waals surface area contributed by atoms with Crippen molar-refractivity contribution in [2.24, 2.45) is 0 Å². The van der Waals surface area contributed by atoms with Crippen LogP contribution in [0.2, 0.25) is 0 Å². The molecular weight excluding hydrogens is 322 g/mol. The van der Waals surface area contributed by atoms with E-state index in [2.05, 4.69) is 44.1 Å². The predicted octanol–water partition coefficient (Wildman–Crippen LogP) is 4.57. The van der Waals surface area contributed by atoms with Crippen LogP contribution in [0.25, 0.3) is 5.70 Å². The number of aryl methyl sites for hydroxylation is 3. The Balaban J connectivity index is 1.87. The Morgan fingerprint density at radius 1 is 0.920 bits per heavy atom. The van der Waals surface area contributed by atoms with Gasteiger partial charge in [-0.25, -0.2) is 0 Å². The van der Waals surface area contributed by atoms with Gasteiger partial charge in [0.15, 0.2) is 0 Å². The topological polar surface area (TPSA) is 12.0 Å². The zero-order chi connectivity index (χ0) is 18.2. The highest BCUT2D eigenvalue weighted by atomic mass is 19.4. The molecule has 1 N–H and O–H groups in total. The average Bonchev–Trinajstić information content (AvgIpc) is 2.53. The van der Waals surface area contributed by atoms with Crippen LogP contribution in [0, 0.1) is 20.8 Å². The third kappa shape index (κ3) is 3.65. The van der Waals surface area contributed by atoms with Gasteiger partial charge < -0.3 is 5.23 Å². The minimum absolute atomic E-state index is 0.00268. The maximum Gasteiger partial charge on any atom is 0.416 e. The van der Waals surface area contributed by atoms with E-state index in [0.29, 0.717) is 0 Å². The molecule has 3 rings (SSSR count). The fraction of sp³-hybridized carbons (Fsp3) is 0.200. The highest BCUT2D eigenvalue weighted by Gasteiger charge is 2.30. The van der Waals surface area contributed by atoms with Crippen molar-refractivity contribution in [3.8, 4) is 0 Å². The highest BCUT2D eigenvalue weighted by molar-refractivity contribution is 6.77. The Morgan fingerprint density at radius 2 is 1.52 bits per heavy atom. The van der Waals surface area contributed by atoms with Gasteiger partial charge >= 0.3 is 13.0 Å². The number of alkyl halides is 3. The van der Waals surface area contributed by atoms with Crippen LogP contribution in [0.5, 0.6) is 0 Å². The van der Waals surface area contributed by atoms with Gasteiger partial charge in [-0.05, 0) is 50.0 Å². The molecule has 0 saturated carbocycles. The lowest BCUT2D eigenvalue weighted by Gasteiger charge is -2.23. The summed E-state index contributed by atoms with van der Waals surface area (Å²) in [6, 6.07) is 9.54. The van der Waals surface area contributed by atoms with Crippen molar-refractivity contribution in [2.45, 2.75) is 26.9 Å². The molecule has 0 atom stereocenters. The molecule has 0 radical (unpaired) electrons. The Labute approximate surface area is 146 Å². The zero-order valence-corrected chi connectivity index (χ0v) is 14.4. The molecule has 1 aliphatic rings. The third-order valence-corrected chi connectivity index (χ3v) is 4.45. The van der Waals surface area contributed by atoms with Gasteiger partial charge in [0.25, 0.3) is 0 Å². The Morgan fingerprint density at radius 3 is 2.08 bits per heavy atom. The first-order valence-corrected chi connectivity index (χ1v) is 8.16. The smallest absolute Gasteiger partial charge is 0.416 e. The van der Waals surface area contributed by atoms with Gasteiger partial charge in [0.05, 0.1) is 5.56 Å². The number of allylic oxidation sites excluding steroid dienone is 2. The first-order valence-electron chi connectivity index (χ1n) is 8.16. The van der Waals surface area contributed by atoms with E-state index in [9.17, 15) is 13.2 Å². The molecule has 2 aromatic carbocycles. The Bertz CT molecular complexity index is 825. The SMILES string of the molecule is Cc1cc(C)c(B2C=CC=C(c3ccc(C(F)(F)F)cc3)N2)c(C)c1. The van der Waals surface area contributed by atoms with E-state index in [4.69, 9.17) is 0 Å². The van der Waals surface area contributed by atoms with Crippen molar-refractivity contribution < 1.29 is 13.2 Å². The lowest BCUT2D eigenvalue weighted by atomic mass is 9.52. The first-order chi connectivity index (χ1) is 11.8. The van der Waals surface area contributed by atoms with Gasteiger partial charge in [-0.2, -0.15) is 13.2 Å². The molecule has 0 bridgehead atoms. The minimum atomic E-state index is -4.31. The van der Waals surface area contributed by atoms with Gasteiger partial charge in [0.2, 0.25) is 0 Å². The summed E-state index contributed by atoms with van der Waals surface area (Å²) < 4.78 is 38.2. The van der Waals surface area contributed by atoms with Crippen LogP contribution in [-0.4, -0.2) is 6.85 Å². The number of benzene rings is 2. The molecule has 1 aliphatic heterocycles. The normalized spacial score (nSPS) is 14.3. The van der Waals surface area contributed by atoms with Gasteiger partial charge in [0.1, 0.15) is 0 Å². The van der Waals surface area contributed by atoms with Crippen LogP contribution < -0.4 is 10.7 Å². The molecule has 128 valence electrons. The predicted molar refractivity (Wildman–Crippen MR) is 97.7 cm³/mol. The third-order valence-electron chi connectivity index (χ3n) is 4.45. The summed E-state index contributed by atoms with van der Waals surface area (Å²) >= 11 is 0. The van der Waals surface area contributed by atoms with Crippen molar-refractivity contribution >= 4 is 18.0 Å². The first kappa shape index (κ1) is 17.4. The van der Waals surface area contributed by atoms with Crippen molar-refractivity contribution in [1.29, 1.82) is 0 Å². The van der Waals surface area contributed by atoms with E-state index in [-0.39, 0.29) is 6.85 Å². The molecule has 0 unspecified atom stereocenters. The minimum Gasteiger partial charge on any atom is -0.420 e. The summed E-state index contributed by atoms with van der Waals surface area (Å²) in [4.78, 5) is 0. The second-order valence-electron chi connectivity index (χ2n) is 6.47. The van der Waals surface area contributed by atoms with Gasteiger partial charge in [-0.15, -0.1) is 0 Å². The Kier molecular flexibility index (Phi) is 4.50. The number of hydrogen-bond acceptors (Lipinski definition) is 1. The van der Waals surface area contributed by atoms with E-state index >= 15 is 0 Å². The van der Waals surface area contributed by atoms with E-state index in [1.165, 1.54) is 34.3 Å². The number of hydrogen-bond donors (Lipinski definition) is 1. The summed E-state index contributed by atoms with van der Waals surface area (Å²) in [5, 5.41) is 3.44. The highest BCUT2D eigenvalue weighted by Crippen LogP contribution is 2.30. The average molecular weight is 341 g/mol. The second-order valence-corrected chi connectivity index (χ2v) is 6.47. The fourth-order valence-corrected chi connectivity index (χ4v) is 3.40. The van der Waals surface area contributed by atoms with Crippen molar-refractivity contribution in [3.63, 3.8) is 0 Å². The largest absolute Gasteiger partial charge is 0.420 e. The molecule has 0 aromatic heterocycles. The molecule has 5 heteroatoms. The molecule has 25 heavy (non-hydrogen) atoms. The van der Waals surface area contributed by atoms with Crippen LogP contribution in [0.3, 0.4) is 0 Å². The van der Waals surface area contributed by atoms with Crippen molar-refractivity contribution in [2.75, 3.05) is 0 Å². The molecule has 0 spiro atoms. The fourth-order valence-electron chi connectivity index (χ4n) is 3.40. The van der Waals surface area contributed by atoms with Crippen LogP contribution in [-0.2, 0) is 6.18 Å². The van der Waals surface area contributed by atoms with Crippen molar-refractivity contribution in [3.05, 3.63) is 82.3 Å². The standard InChI is InChI=1S/C20H19BF3N/c1-13-11-14(2)19(15(3)12-13)21-10-4-5-18(25-21)16-6-8-17(9-7-16)20(22,23)24/h4-12,25H,1-3H3. The van der Waals surface area contributed by atoms with E-state index in [1.54, 1.807) is 0 Å². The Hall–Kier alpha value is -2.43. The lowest BCUT2D eigenvalue weighted by molar-refractivity contribution is -0.137. The van der Waals surface area contributed by atoms with Crippen LogP contribution >= 0.6 is 0 Å². The van der Waals surface area contributed by atoms with E-state index in [1.807, 2.05) is 12.2 Å². The zero-order valence-electron chi connectivity index (χ0n) is 14.4.